The summed E-state index contributed by atoms with van der Waals surface area (Å²) < 4.78 is 8.46. The monoisotopic (exact) mass is 214 g/mol. The number of rotatable bonds is 0. The van der Waals surface area contributed by atoms with Crippen molar-refractivity contribution in [2.45, 2.75) is 0 Å². The molecule has 0 aromatic carbocycles. The first kappa shape index (κ1) is 9.78. The molecule has 0 atom stereocenters. The number of quaternary nitrogens is 1. The van der Waals surface area contributed by atoms with E-state index in [0.717, 1.165) is 0 Å². The third kappa shape index (κ3) is 1.86. The lowest BCUT2D eigenvalue weighted by atomic mass is 10.2. The summed E-state index contributed by atoms with van der Waals surface area (Å²) in [7, 11) is 0. The van der Waals surface area contributed by atoms with Crippen LogP contribution in [0.15, 0.2) is 0 Å². The van der Waals surface area contributed by atoms with Crippen LogP contribution in [0.5, 0.6) is 0 Å². The predicted molar refractivity (Wildman–Crippen MR) is 41.9 cm³/mol. The van der Waals surface area contributed by atoms with Gasteiger partial charge in [-0.3, -0.25) is 4.48 Å². The van der Waals surface area contributed by atoms with E-state index in [1.807, 2.05) is 0 Å². The van der Waals surface area contributed by atoms with Crippen molar-refractivity contribution in [1.29, 1.82) is 0 Å². The normalized spacial score (nSPS) is 25.1. The molecule has 0 radical (unpaired) electrons. The van der Waals surface area contributed by atoms with E-state index in [2.05, 4.69) is 9.47 Å². The first-order valence-electron chi connectivity index (χ1n) is 4.31. The molecule has 7 heteroatoms. The molecule has 80 valence electrons. The number of carbonyl (C=O) groups is 4. The van der Waals surface area contributed by atoms with E-state index in [9.17, 15) is 19.2 Å². The minimum absolute atomic E-state index is 0.146. The van der Waals surface area contributed by atoms with Crippen LogP contribution in [-0.2, 0) is 28.7 Å². The number of morpholine rings is 2. The topological polar surface area (TPSA) is 86.7 Å². The summed E-state index contributed by atoms with van der Waals surface area (Å²) in [5.74, 6) is -2.86. The second kappa shape index (κ2) is 3.13. The van der Waals surface area contributed by atoms with E-state index in [1.54, 1.807) is 0 Å². The molecular weight excluding hydrogens is 206 g/mol. The second-order valence-corrected chi connectivity index (χ2v) is 3.67. The van der Waals surface area contributed by atoms with Crippen LogP contribution in [0.1, 0.15) is 0 Å². The molecule has 2 aliphatic heterocycles. The maximum atomic E-state index is 11.0. The molecule has 7 nitrogen and oxygen atoms in total. The smallest absolute Gasteiger partial charge is 0.369 e. The first-order valence-corrected chi connectivity index (χ1v) is 4.31. The number of hydrogen-bond acceptors (Lipinski definition) is 6. The van der Waals surface area contributed by atoms with Gasteiger partial charge in [0.1, 0.15) is 0 Å². The Hall–Kier alpha value is -1.76. The SMILES string of the molecule is O=C1C[N+]2(CC(=O)O1)CC(=O)OC(=O)C2. The number of nitrogens with zero attached hydrogens (tertiary/aromatic N) is 1. The Morgan fingerprint density at radius 1 is 0.667 bits per heavy atom. The van der Waals surface area contributed by atoms with Crippen molar-refractivity contribution in [3.63, 3.8) is 0 Å². The zero-order valence-electron chi connectivity index (χ0n) is 7.73. The van der Waals surface area contributed by atoms with Gasteiger partial charge in [0.15, 0.2) is 26.2 Å². The highest BCUT2D eigenvalue weighted by Crippen LogP contribution is 2.17. The molecule has 0 bridgehead atoms. The fourth-order valence-electron chi connectivity index (χ4n) is 1.81. The fourth-order valence-corrected chi connectivity index (χ4v) is 1.81. The van der Waals surface area contributed by atoms with Crippen molar-refractivity contribution in [2.75, 3.05) is 26.2 Å². The van der Waals surface area contributed by atoms with Gasteiger partial charge in [0.2, 0.25) is 0 Å². The summed E-state index contributed by atoms with van der Waals surface area (Å²) in [6, 6.07) is 0. The standard InChI is InChI=1S/C8H8NO6/c10-5-1-9(2-6(11)14-5)3-7(12)15-8(13)4-9/h1-4H2/q+1. The van der Waals surface area contributed by atoms with E-state index >= 15 is 0 Å². The Morgan fingerprint density at radius 3 is 1.20 bits per heavy atom. The minimum Gasteiger partial charge on any atom is -0.385 e. The maximum Gasteiger partial charge on any atom is 0.369 e. The van der Waals surface area contributed by atoms with Gasteiger partial charge in [0.05, 0.1) is 0 Å². The quantitative estimate of drug-likeness (QED) is 0.262. The van der Waals surface area contributed by atoms with Crippen LogP contribution < -0.4 is 0 Å². The molecule has 0 amide bonds. The van der Waals surface area contributed by atoms with Gasteiger partial charge in [-0.05, 0) is 0 Å². The van der Waals surface area contributed by atoms with Gasteiger partial charge in [-0.1, -0.05) is 0 Å². The van der Waals surface area contributed by atoms with E-state index in [-0.39, 0.29) is 30.7 Å². The second-order valence-electron chi connectivity index (χ2n) is 3.67. The Morgan fingerprint density at radius 2 is 0.933 bits per heavy atom. The molecule has 0 aromatic rings. The third-order valence-corrected chi connectivity index (χ3v) is 2.31. The lowest BCUT2D eigenvalue weighted by molar-refractivity contribution is -0.905. The van der Waals surface area contributed by atoms with E-state index in [0.29, 0.717) is 0 Å². The Labute approximate surface area is 84.1 Å². The molecular formula is C8H8NO6+. The summed E-state index contributed by atoms with van der Waals surface area (Å²) in [4.78, 5) is 44.2. The number of hydrogen-bond donors (Lipinski definition) is 0. The fraction of sp³-hybridized carbons (Fsp3) is 0.500. The molecule has 0 N–H and O–H groups in total. The van der Waals surface area contributed by atoms with Gasteiger partial charge in [0, 0.05) is 0 Å². The van der Waals surface area contributed by atoms with Crippen LogP contribution in [-0.4, -0.2) is 54.5 Å². The van der Waals surface area contributed by atoms with E-state index < -0.39 is 23.9 Å². The van der Waals surface area contributed by atoms with Crippen LogP contribution in [0, 0.1) is 0 Å². The Kier molecular flexibility index (Phi) is 2.04. The summed E-state index contributed by atoms with van der Waals surface area (Å²) in [6.45, 7) is -0.585. The molecule has 0 aromatic heterocycles. The van der Waals surface area contributed by atoms with Crippen molar-refractivity contribution >= 4 is 23.9 Å². The Balaban J connectivity index is 2.24. The summed E-state index contributed by atoms with van der Waals surface area (Å²) in [5.41, 5.74) is 0. The number of cyclic esters (lactones) is 4. The largest absolute Gasteiger partial charge is 0.385 e. The highest BCUT2D eigenvalue weighted by Gasteiger charge is 2.47. The third-order valence-electron chi connectivity index (χ3n) is 2.31. The molecule has 0 unspecified atom stereocenters. The van der Waals surface area contributed by atoms with Gasteiger partial charge < -0.3 is 9.47 Å². The van der Waals surface area contributed by atoms with Crippen LogP contribution in [0.2, 0.25) is 0 Å². The van der Waals surface area contributed by atoms with Crippen molar-refractivity contribution in [3.8, 4) is 0 Å². The van der Waals surface area contributed by atoms with Crippen LogP contribution in [0.25, 0.3) is 0 Å². The molecule has 1 spiro atoms. The highest BCUT2D eigenvalue weighted by atomic mass is 16.6. The lowest BCUT2D eigenvalue weighted by Crippen LogP contribution is -2.65. The molecule has 0 saturated carbocycles. The summed E-state index contributed by atoms with van der Waals surface area (Å²) >= 11 is 0. The van der Waals surface area contributed by atoms with E-state index in [1.165, 1.54) is 0 Å². The average Bonchev–Trinajstić information content (AvgIpc) is 1.96. The number of esters is 4. The van der Waals surface area contributed by atoms with E-state index in [4.69, 9.17) is 0 Å². The molecule has 2 heterocycles. The predicted octanol–water partition coefficient (Wildman–Crippen LogP) is -2.03. The van der Waals surface area contributed by atoms with Gasteiger partial charge in [-0.2, -0.15) is 0 Å². The molecule has 2 fully saturated rings. The van der Waals surface area contributed by atoms with Crippen LogP contribution in [0.4, 0.5) is 0 Å². The van der Waals surface area contributed by atoms with Gasteiger partial charge in [-0.25, -0.2) is 19.2 Å². The van der Waals surface area contributed by atoms with Crippen molar-refractivity contribution < 1.29 is 33.1 Å². The minimum atomic E-state index is -0.714. The van der Waals surface area contributed by atoms with Crippen molar-refractivity contribution in [3.05, 3.63) is 0 Å². The Bertz CT molecular complexity index is 302. The summed E-state index contributed by atoms with van der Waals surface area (Å²) in [5, 5.41) is 0. The number of carbonyl (C=O) groups excluding carboxylic acids is 4. The number of ether oxygens (including phenoxy) is 2. The van der Waals surface area contributed by atoms with Gasteiger partial charge in [0.25, 0.3) is 0 Å². The lowest BCUT2D eigenvalue weighted by Gasteiger charge is -2.38. The van der Waals surface area contributed by atoms with Gasteiger partial charge >= 0.3 is 23.9 Å². The molecule has 2 saturated heterocycles. The molecule has 15 heavy (non-hydrogen) atoms. The first-order chi connectivity index (χ1) is 6.99. The summed E-state index contributed by atoms with van der Waals surface area (Å²) in [6.07, 6.45) is 0. The zero-order valence-corrected chi connectivity index (χ0v) is 7.73. The van der Waals surface area contributed by atoms with Crippen molar-refractivity contribution in [1.82, 2.24) is 0 Å². The van der Waals surface area contributed by atoms with Crippen molar-refractivity contribution in [2.24, 2.45) is 0 Å². The van der Waals surface area contributed by atoms with Gasteiger partial charge in [-0.15, -0.1) is 0 Å². The molecule has 0 aliphatic carbocycles. The maximum absolute atomic E-state index is 11.0. The highest BCUT2D eigenvalue weighted by molar-refractivity contribution is 5.92. The molecule has 2 rings (SSSR count). The van der Waals surface area contributed by atoms with Crippen LogP contribution >= 0.6 is 0 Å². The average molecular weight is 214 g/mol. The zero-order chi connectivity index (χ0) is 11.1. The van der Waals surface area contributed by atoms with Crippen LogP contribution in [0.3, 0.4) is 0 Å². The molecule has 2 aliphatic rings.